The van der Waals surface area contributed by atoms with Gasteiger partial charge in [0.15, 0.2) is 0 Å². The van der Waals surface area contributed by atoms with Crippen LogP contribution in [0, 0.1) is 0 Å². The first-order chi connectivity index (χ1) is 7.43. The van der Waals surface area contributed by atoms with E-state index in [0.717, 1.165) is 0 Å². The van der Waals surface area contributed by atoms with E-state index in [9.17, 15) is 9.90 Å². The van der Waals surface area contributed by atoms with Gasteiger partial charge in [-0.15, -0.1) is 0 Å². The predicted molar refractivity (Wildman–Crippen MR) is 62.0 cm³/mol. The molecule has 0 radical (unpaired) electrons. The number of rotatable bonds is 3. The Morgan fingerprint density at radius 1 is 1.38 bits per heavy atom. The molecule has 0 aromatic heterocycles. The molecule has 0 bridgehead atoms. The van der Waals surface area contributed by atoms with E-state index in [4.69, 9.17) is 28.3 Å². The van der Waals surface area contributed by atoms with Crippen LogP contribution >= 0.6 is 23.2 Å². The molecule has 0 aliphatic heterocycles. The Hall–Kier alpha value is -0.970. The van der Waals surface area contributed by atoms with Crippen molar-refractivity contribution in [1.82, 2.24) is 5.32 Å². The molecule has 1 rings (SSSR count). The molecule has 0 unspecified atom stereocenters. The first-order valence-electron chi connectivity index (χ1n) is 4.55. The van der Waals surface area contributed by atoms with Gasteiger partial charge in [-0.25, -0.2) is 4.79 Å². The summed E-state index contributed by atoms with van der Waals surface area (Å²) in [5.41, 5.74) is 0.378. The average molecular weight is 264 g/mol. The first-order valence-corrected chi connectivity index (χ1v) is 5.30. The van der Waals surface area contributed by atoms with E-state index in [-0.39, 0.29) is 0 Å². The SMILES string of the molecule is C[C@@H](O)[C@H](NC(=O)O)c1c(Cl)cccc1Cl. The van der Waals surface area contributed by atoms with Gasteiger partial charge < -0.3 is 15.5 Å². The van der Waals surface area contributed by atoms with Crippen molar-refractivity contribution >= 4 is 29.3 Å². The van der Waals surface area contributed by atoms with E-state index >= 15 is 0 Å². The van der Waals surface area contributed by atoms with Crippen molar-refractivity contribution < 1.29 is 15.0 Å². The quantitative estimate of drug-likeness (QED) is 0.786. The first kappa shape index (κ1) is 13.1. The second-order valence-corrected chi connectivity index (χ2v) is 4.12. The van der Waals surface area contributed by atoms with Crippen molar-refractivity contribution in [3.8, 4) is 0 Å². The summed E-state index contributed by atoms with van der Waals surface area (Å²) in [4.78, 5) is 10.6. The number of amides is 1. The fourth-order valence-corrected chi connectivity index (χ4v) is 2.01. The second kappa shape index (κ2) is 5.39. The molecule has 1 aromatic carbocycles. The molecule has 0 saturated heterocycles. The molecule has 4 nitrogen and oxygen atoms in total. The van der Waals surface area contributed by atoms with E-state index in [0.29, 0.717) is 15.6 Å². The Morgan fingerprint density at radius 3 is 2.25 bits per heavy atom. The lowest BCUT2D eigenvalue weighted by atomic mass is 10.0. The largest absolute Gasteiger partial charge is 0.465 e. The molecule has 6 heteroatoms. The number of benzene rings is 1. The predicted octanol–water partition coefficient (Wildman–Crippen LogP) is 2.68. The van der Waals surface area contributed by atoms with Gasteiger partial charge in [0, 0.05) is 15.6 Å². The van der Waals surface area contributed by atoms with Crippen LogP contribution in [0.4, 0.5) is 4.79 Å². The third kappa shape index (κ3) is 3.01. The Morgan fingerprint density at radius 2 is 1.88 bits per heavy atom. The molecule has 0 aliphatic rings. The Kier molecular flexibility index (Phi) is 4.41. The van der Waals surface area contributed by atoms with Crippen molar-refractivity contribution in [2.45, 2.75) is 19.1 Å². The van der Waals surface area contributed by atoms with Crippen LogP contribution in [0.3, 0.4) is 0 Å². The Bertz CT molecular complexity index is 375. The standard InChI is InChI=1S/C10H11Cl2NO3/c1-5(14)9(13-10(15)16)8-6(11)3-2-4-7(8)12/h2-5,9,13-14H,1H3,(H,15,16)/t5-,9+/m1/s1. The van der Waals surface area contributed by atoms with E-state index in [1.54, 1.807) is 18.2 Å². The normalized spacial score (nSPS) is 14.2. The van der Waals surface area contributed by atoms with Gasteiger partial charge in [-0.2, -0.15) is 0 Å². The van der Waals surface area contributed by atoms with Crippen molar-refractivity contribution in [2.75, 3.05) is 0 Å². The maximum atomic E-state index is 10.6. The minimum Gasteiger partial charge on any atom is -0.465 e. The summed E-state index contributed by atoms with van der Waals surface area (Å²) < 4.78 is 0. The molecule has 3 N–H and O–H groups in total. The lowest BCUT2D eigenvalue weighted by Crippen LogP contribution is -2.34. The van der Waals surface area contributed by atoms with Gasteiger partial charge in [0.2, 0.25) is 0 Å². The molecular weight excluding hydrogens is 253 g/mol. The van der Waals surface area contributed by atoms with Gasteiger partial charge in [0.05, 0.1) is 12.1 Å². The smallest absolute Gasteiger partial charge is 0.405 e. The number of carbonyl (C=O) groups is 1. The van der Waals surface area contributed by atoms with Crippen LogP contribution in [-0.4, -0.2) is 22.4 Å². The van der Waals surface area contributed by atoms with Gasteiger partial charge in [0.1, 0.15) is 0 Å². The molecular formula is C10H11Cl2NO3. The number of nitrogens with one attached hydrogen (secondary N) is 1. The molecule has 0 saturated carbocycles. The van der Waals surface area contributed by atoms with Gasteiger partial charge in [0.25, 0.3) is 0 Å². The van der Waals surface area contributed by atoms with Crippen molar-refractivity contribution in [2.24, 2.45) is 0 Å². The molecule has 0 fully saturated rings. The minimum atomic E-state index is -1.25. The average Bonchev–Trinajstić information content (AvgIpc) is 2.15. The molecule has 0 spiro atoms. The third-order valence-corrected chi connectivity index (χ3v) is 2.73. The second-order valence-electron chi connectivity index (χ2n) is 3.30. The zero-order chi connectivity index (χ0) is 12.3. The van der Waals surface area contributed by atoms with Crippen molar-refractivity contribution in [3.63, 3.8) is 0 Å². The fraction of sp³-hybridized carbons (Fsp3) is 0.300. The number of aliphatic hydroxyl groups excluding tert-OH is 1. The summed E-state index contributed by atoms with van der Waals surface area (Å²) in [6.45, 7) is 1.46. The monoisotopic (exact) mass is 263 g/mol. The molecule has 1 aromatic rings. The number of hydrogen-bond acceptors (Lipinski definition) is 2. The van der Waals surface area contributed by atoms with Crippen LogP contribution in [-0.2, 0) is 0 Å². The zero-order valence-corrected chi connectivity index (χ0v) is 9.96. The van der Waals surface area contributed by atoms with Crippen LogP contribution in [0.25, 0.3) is 0 Å². The van der Waals surface area contributed by atoms with Crippen LogP contribution < -0.4 is 5.32 Å². The highest BCUT2D eigenvalue weighted by Gasteiger charge is 2.24. The molecule has 88 valence electrons. The third-order valence-electron chi connectivity index (χ3n) is 2.07. The zero-order valence-electron chi connectivity index (χ0n) is 8.45. The fourth-order valence-electron chi connectivity index (χ4n) is 1.37. The van der Waals surface area contributed by atoms with E-state index in [2.05, 4.69) is 5.32 Å². The number of carboxylic acid groups (broad SMARTS) is 1. The summed E-state index contributed by atoms with van der Waals surface area (Å²) in [5, 5.41) is 21.0. The van der Waals surface area contributed by atoms with Crippen LogP contribution in [0.1, 0.15) is 18.5 Å². The molecule has 0 aliphatic carbocycles. The highest BCUT2D eigenvalue weighted by Crippen LogP contribution is 2.31. The van der Waals surface area contributed by atoms with Crippen LogP contribution in [0.5, 0.6) is 0 Å². The summed E-state index contributed by atoms with van der Waals surface area (Å²) in [6, 6.07) is 3.97. The lowest BCUT2D eigenvalue weighted by molar-refractivity contribution is 0.134. The van der Waals surface area contributed by atoms with E-state index in [1.807, 2.05) is 0 Å². The number of hydrogen-bond donors (Lipinski definition) is 3. The van der Waals surface area contributed by atoms with Gasteiger partial charge in [-0.1, -0.05) is 29.3 Å². The highest BCUT2D eigenvalue weighted by atomic mass is 35.5. The van der Waals surface area contributed by atoms with Gasteiger partial charge in [-0.3, -0.25) is 0 Å². The molecule has 2 atom stereocenters. The summed E-state index contributed by atoms with van der Waals surface area (Å²) in [6.07, 6.45) is -2.18. The Balaban J connectivity index is 3.15. The van der Waals surface area contributed by atoms with Gasteiger partial charge >= 0.3 is 6.09 Å². The van der Waals surface area contributed by atoms with Crippen LogP contribution in [0.15, 0.2) is 18.2 Å². The highest BCUT2D eigenvalue weighted by molar-refractivity contribution is 6.36. The maximum absolute atomic E-state index is 10.6. The maximum Gasteiger partial charge on any atom is 0.405 e. The lowest BCUT2D eigenvalue weighted by Gasteiger charge is -2.22. The Labute approximate surface area is 103 Å². The molecule has 1 amide bonds. The molecule has 0 heterocycles. The topological polar surface area (TPSA) is 69.6 Å². The van der Waals surface area contributed by atoms with Crippen molar-refractivity contribution in [3.05, 3.63) is 33.8 Å². The van der Waals surface area contributed by atoms with E-state index < -0.39 is 18.2 Å². The number of halogens is 2. The number of aliphatic hydroxyl groups is 1. The summed E-state index contributed by atoms with van der Waals surface area (Å²) in [7, 11) is 0. The summed E-state index contributed by atoms with van der Waals surface area (Å²) >= 11 is 11.8. The van der Waals surface area contributed by atoms with Gasteiger partial charge in [-0.05, 0) is 19.1 Å². The molecule has 16 heavy (non-hydrogen) atoms. The minimum absolute atomic E-state index is 0.312. The van der Waals surface area contributed by atoms with Crippen molar-refractivity contribution in [1.29, 1.82) is 0 Å². The van der Waals surface area contributed by atoms with E-state index in [1.165, 1.54) is 6.92 Å². The van der Waals surface area contributed by atoms with Crippen LogP contribution in [0.2, 0.25) is 10.0 Å². The summed E-state index contributed by atoms with van der Waals surface area (Å²) in [5.74, 6) is 0.